The van der Waals surface area contributed by atoms with Gasteiger partial charge in [0.05, 0.1) is 25.2 Å². The molecule has 6 nitrogen and oxygen atoms in total. The van der Waals surface area contributed by atoms with E-state index in [9.17, 15) is 14.4 Å². The Labute approximate surface area is 183 Å². The van der Waals surface area contributed by atoms with Crippen LogP contribution < -0.4 is 0 Å². The molecule has 5 fully saturated rings. The molecule has 2 aliphatic heterocycles. The van der Waals surface area contributed by atoms with Gasteiger partial charge in [-0.05, 0) is 49.9 Å². The van der Waals surface area contributed by atoms with Crippen molar-refractivity contribution >= 4 is 17.7 Å². The van der Waals surface area contributed by atoms with E-state index in [-0.39, 0.29) is 52.1 Å². The van der Waals surface area contributed by atoms with Crippen molar-refractivity contribution in [1.82, 2.24) is 0 Å². The number of allylic oxidation sites excluding steroid dienone is 1. The molecule has 8 unspecified atom stereocenters. The maximum absolute atomic E-state index is 13.2. The molecular formula is C25H32O6. The number of hydrogen-bond donors (Lipinski definition) is 0. The van der Waals surface area contributed by atoms with Crippen molar-refractivity contribution in [1.29, 1.82) is 0 Å². The largest absolute Gasteiger partial charge is 0.469 e. The monoisotopic (exact) mass is 428 g/mol. The van der Waals surface area contributed by atoms with Crippen LogP contribution >= 0.6 is 0 Å². The minimum atomic E-state index is -0.438. The topological polar surface area (TPSA) is 82.2 Å². The molecule has 2 spiro atoms. The lowest BCUT2D eigenvalue weighted by Gasteiger charge is -2.59. The molecule has 0 radical (unpaired) electrons. The third kappa shape index (κ3) is 2.35. The number of esters is 2. The first kappa shape index (κ1) is 20.0. The Balaban J connectivity index is 1.51. The van der Waals surface area contributed by atoms with Gasteiger partial charge in [0, 0.05) is 30.1 Å². The van der Waals surface area contributed by atoms with Gasteiger partial charge >= 0.3 is 11.9 Å². The Hall–Kier alpha value is -1.69. The van der Waals surface area contributed by atoms with Crippen molar-refractivity contribution in [3.8, 4) is 0 Å². The number of ether oxygens (including phenoxy) is 3. The molecular weight excluding hydrogens is 396 g/mol. The molecule has 4 aliphatic carbocycles. The summed E-state index contributed by atoms with van der Waals surface area (Å²) in [7, 11) is 1.45. The van der Waals surface area contributed by atoms with E-state index in [1.165, 1.54) is 7.11 Å². The second-order valence-corrected chi connectivity index (χ2v) is 11.5. The number of hydrogen-bond acceptors (Lipinski definition) is 6. The third-order valence-electron chi connectivity index (χ3n) is 10.3. The highest BCUT2D eigenvalue weighted by molar-refractivity contribution is 5.84. The van der Waals surface area contributed by atoms with Gasteiger partial charge in [0.15, 0.2) is 0 Å². The Morgan fingerprint density at radius 2 is 1.97 bits per heavy atom. The van der Waals surface area contributed by atoms with E-state index in [0.29, 0.717) is 19.3 Å². The molecule has 0 aromatic carbocycles. The average Bonchev–Trinajstić information content (AvgIpc) is 3.31. The smallest absolute Gasteiger partial charge is 0.313 e. The number of carbonyl (C=O) groups excluding carboxylic acids is 3. The number of Topliss-reactive ketones (excluding diaryl/α,β-unsaturated/α-hetero) is 1. The van der Waals surface area contributed by atoms with Gasteiger partial charge in [0.25, 0.3) is 0 Å². The number of ketones is 1. The predicted octanol–water partition coefficient (Wildman–Crippen LogP) is 3.51. The van der Waals surface area contributed by atoms with Gasteiger partial charge < -0.3 is 14.2 Å². The van der Waals surface area contributed by atoms with Crippen molar-refractivity contribution in [2.75, 3.05) is 7.11 Å². The van der Waals surface area contributed by atoms with Crippen molar-refractivity contribution < 1.29 is 28.6 Å². The first-order valence-corrected chi connectivity index (χ1v) is 11.9. The lowest BCUT2D eigenvalue weighted by Crippen LogP contribution is -2.61. The maximum Gasteiger partial charge on any atom is 0.313 e. The molecule has 6 rings (SSSR count). The van der Waals surface area contributed by atoms with Gasteiger partial charge in [0.2, 0.25) is 0 Å². The van der Waals surface area contributed by atoms with E-state index >= 15 is 0 Å². The van der Waals surface area contributed by atoms with Crippen molar-refractivity contribution in [2.45, 2.75) is 89.4 Å². The molecule has 0 N–H and O–H groups in total. The second-order valence-electron chi connectivity index (χ2n) is 11.5. The van der Waals surface area contributed by atoms with Crippen molar-refractivity contribution in [2.24, 2.45) is 28.1 Å². The molecule has 0 amide bonds. The number of rotatable bonds is 1. The molecule has 8 atom stereocenters. The van der Waals surface area contributed by atoms with Crippen LogP contribution in [-0.4, -0.2) is 42.6 Å². The van der Waals surface area contributed by atoms with Crippen LogP contribution in [0.3, 0.4) is 0 Å². The van der Waals surface area contributed by atoms with Gasteiger partial charge in [-0.25, -0.2) is 0 Å². The highest BCUT2D eigenvalue weighted by atomic mass is 16.6. The minimum Gasteiger partial charge on any atom is -0.469 e. The van der Waals surface area contributed by atoms with E-state index in [0.717, 1.165) is 44.1 Å². The summed E-state index contributed by atoms with van der Waals surface area (Å²) in [6.45, 7) is 4.55. The van der Waals surface area contributed by atoms with Gasteiger partial charge in [0.1, 0.15) is 11.4 Å². The van der Waals surface area contributed by atoms with Crippen molar-refractivity contribution in [3.05, 3.63) is 11.6 Å². The van der Waals surface area contributed by atoms with Crippen LogP contribution in [0.15, 0.2) is 11.6 Å². The molecule has 0 aromatic rings. The third-order valence-corrected chi connectivity index (χ3v) is 10.3. The highest BCUT2D eigenvalue weighted by Gasteiger charge is 2.78. The summed E-state index contributed by atoms with van der Waals surface area (Å²) in [4.78, 5) is 37.7. The standard InChI is InChI=1S/C25H32O6/c1-22-7-4-15(26)10-14(22)11-16(21(28)29-3)25(13-22)18-5-8-24(9-6-19(27)31-24)23(18,2)12-17-20(25)30-17/h11,16-18,20H,4-10,12-13H2,1-3H3. The Morgan fingerprint density at radius 1 is 1.16 bits per heavy atom. The highest BCUT2D eigenvalue weighted by Crippen LogP contribution is 2.76. The zero-order chi connectivity index (χ0) is 21.8. The lowest BCUT2D eigenvalue weighted by molar-refractivity contribution is -0.175. The normalized spacial score (nSPS) is 52.3. The Kier molecular flexibility index (Phi) is 3.86. The fourth-order valence-electron chi connectivity index (χ4n) is 8.80. The average molecular weight is 429 g/mol. The summed E-state index contributed by atoms with van der Waals surface area (Å²) in [5.41, 5.74) is -0.0200. The maximum atomic E-state index is 13.2. The van der Waals surface area contributed by atoms with Gasteiger partial charge in [-0.2, -0.15) is 0 Å². The molecule has 0 bridgehead atoms. The summed E-state index contributed by atoms with van der Waals surface area (Å²) in [6, 6.07) is 0. The summed E-state index contributed by atoms with van der Waals surface area (Å²) >= 11 is 0. The fourth-order valence-corrected chi connectivity index (χ4v) is 8.80. The molecule has 2 saturated heterocycles. The Morgan fingerprint density at radius 3 is 2.68 bits per heavy atom. The Bertz CT molecular complexity index is 923. The van der Waals surface area contributed by atoms with Crippen LogP contribution in [0.1, 0.15) is 71.6 Å². The number of fused-ring (bicyclic) bond motifs is 6. The molecule has 31 heavy (non-hydrogen) atoms. The molecule has 6 aliphatic rings. The lowest BCUT2D eigenvalue weighted by atomic mass is 9.43. The van der Waals surface area contributed by atoms with Gasteiger partial charge in [-0.15, -0.1) is 0 Å². The van der Waals surface area contributed by atoms with Crippen LogP contribution in [0.2, 0.25) is 0 Å². The summed E-state index contributed by atoms with van der Waals surface area (Å²) in [5.74, 6) is -0.266. The molecule has 168 valence electrons. The molecule has 3 saturated carbocycles. The molecule has 2 heterocycles. The number of methoxy groups -OCH3 is 1. The van der Waals surface area contributed by atoms with E-state index in [1.54, 1.807) is 0 Å². The minimum absolute atomic E-state index is 0.0363. The second kappa shape index (κ2) is 6.00. The van der Waals surface area contributed by atoms with E-state index in [2.05, 4.69) is 19.9 Å². The first-order chi connectivity index (χ1) is 14.7. The predicted molar refractivity (Wildman–Crippen MR) is 110 cm³/mol. The van der Waals surface area contributed by atoms with Crippen LogP contribution in [0.25, 0.3) is 0 Å². The molecule has 0 aromatic heterocycles. The SMILES string of the molecule is COC(=O)C1C=C2CC(=O)CCC2(C)CC12C1OC1CC1(C)C2CCC12CCC(=O)O2. The van der Waals surface area contributed by atoms with E-state index in [1.807, 2.05) is 0 Å². The first-order valence-electron chi connectivity index (χ1n) is 11.9. The number of carbonyl (C=O) groups is 3. The zero-order valence-electron chi connectivity index (χ0n) is 18.7. The van der Waals surface area contributed by atoms with Gasteiger partial charge in [-0.3, -0.25) is 14.4 Å². The van der Waals surface area contributed by atoms with Crippen LogP contribution in [0, 0.1) is 28.1 Å². The van der Waals surface area contributed by atoms with Gasteiger partial charge in [-0.1, -0.05) is 25.5 Å². The van der Waals surface area contributed by atoms with Crippen LogP contribution in [-0.2, 0) is 28.6 Å². The summed E-state index contributed by atoms with van der Waals surface area (Å²) in [6.07, 6.45) is 8.86. The zero-order valence-corrected chi connectivity index (χ0v) is 18.7. The van der Waals surface area contributed by atoms with Crippen LogP contribution in [0.4, 0.5) is 0 Å². The van der Waals surface area contributed by atoms with E-state index < -0.39 is 11.5 Å². The fraction of sp³-hybridized carbons (Fsp3) is 0.800. The number of epoxide rings is 1. The summed E-state index contributed by atoms with van der Waals surface area (Å²) < 4.78 is 17.7. The van der Waals surface area contributed by atoms with Crippen LogP contribution in [0.5, 0.6) is 0 Å². The summed E-state index contributed by atoms with van der Waals surface area (Å²) in [5, 5.41) is 0. The molecule has 6 heteroatoms. The quantitative estimate of drug-likeness (QED) is 0.361. The van der Waals surface area contributed by atoms with E-state index in [4.69, 9.17) is 14.2 Å². The van der Waals surface area contributed by atoms with Crippen molar-refractivity contribution in [3.63, 3.8) is 0 Å².